The van der Waals surface area contributed by atoms with Gasteiger partial charge >= 0.3 is 5.97 Å². The molecule has 0 fully saturated rings. The second-order valence-corrected chi connectivity index (χ2v) is 4.87. The van der Waals surface area contributed by atoms with Crippen LogP contribution in [0.4, 0.5) is 0 Å². The smallest absolute Gasteiger partial charge is 0.307 e. The lowest BCUT2D eigenvalue weighted by Crippen LogP contribution is -2.26. The Bertz CT molecular complexity index is 414. The predicted molar refractivity (Wildman–Crippen MR) is 66.9 cm³/mol. The van der Waals surface area contributed by atoms with Crippen LogP contribution in [0.3, 0.4) is 0 Å². The first-order valence-electron chi connectivity index (χ1n) is 6.03. The summed E-state index contributed by atoms with van der Waals surface area (Å²) in [4.78, 5) is 11.4. The van der Waals surface area contributed by atoms with Crippen molar-refractivity contribution in [1.29, 1.82) is 0 Å². The predicted octanol–water partition coefficient (Wildman–Crippen LogP) is 1.62. The molecule has 6 heteroatoms. The standard InChI is InChI=1S/C12H20N4O2/c1-5-6-9(11-13-14-15-16(11)4)10(12(17)18)7-8(2)3/h5,8-10H,1,6-7H2,2-4H3,(H,17,18)/t9-,10-/m1/s1. The summed E-state index contributed by atoms with van der Waals surface area (Å²) in [7, 11) is 1.72. The van der Waals surface area contributed by atoms with Crippen LogP contribution in [0.15, 0.2) is 12.7 Å². The van der Waals surface area contributed by atoms with Gasteiger partial charge in [0.2, 0.25) is 0 Å². The number of aromatic nitrogens is 4. The summed E-state index contributed by atoms with van der Waals surface area (Å²) < 4.78 is 1.53. The summed E-state index contributed by atoms with van der Waals surface area (Å²) in [5.74, 6) is -0.629. The molecule has 1 rings (SSSR count). The average molecular weight is 252 g/mol. The van der Waals surface area contributed by atoms with Crippen LogP contribution in [0.5, 0.6) is 0 Å². The summed E-state index contributed by atoms with van der Waals surface area (Å²) in [5.41, 5.74) is 0. The summed E-state index contributed by atoms with van der Waals surface area (Å²) in [6.45, 7) is 7.71. The highest BCUT2D eigenvalue weighted by molar-refractivity contribution is 5.71. The first-order chi connectivity index (χ1) is 8.47. The second kappa shape index (κ2) is 6.28. The molecule has 6 nitrogen and oxygen atoms in total. The van der Waals surface area contributed by atoms with E-state index in [0.717, 1.165) is 0 Å². The van der Waals surface area contributed by atoms with E-state index in [1.165, 1.54) is 4.68 Å². The summed E-state index contributed by atoms with van der Waals surface area (Å²) >= 11 is 0. The molecular weight excluding hydrogens is 232 g/mol. The number of tetrazole rings is 1. The van der Waals surface area contributed by atoms with E-state index in [1.54, 1.807) is 13.1 Å². The molecule has 0 amide bonds. The van der Waals surface area contributed by atoms with Crippen LogP contribution >= 0.6 is 0 Å². The number of allylic oxidation sites excluding steroid dienone is 1. The molecule has 0 aliphatic rings. The Morgan fingerprint density at radius 2 is 2.22 bits per heavy atom. The van der Waals surface area contributed by atoms with Crippen molar-refractivity contribution in [1.82, 2.24) is 20.2 Å². The van der Waals surface area contributed by atoms with Crippen LogP contribution in [0, 0.1) is 11.8 Å². The van der Waals surface area contributed by atoms with E-state index in [4.69, 9.17) is 0 Å². The van der Waals surface area contributed by atoms with Crippen LogP contribution in [0.2, 0.25) is 0 Å². The number of nitrogens with zero attached hydrogens (tertiary/aromatic N) is 4. The summed E-state index contributed by atoms with van der Waals surface area (Å²) in [6.07, 6.45) is 2.87. The molecule has 1 heterocycles. The zero-order valence-corrected chi connectivity index (χ0v) is 11.1. The Morgan fingerprint density at radius 1 is 1.56 bits per heavy atom. The average Bonchev–Trinajstić information content (AvgIpc) is 2.69. The number of hydrogen-bond donors (Lipinski definition) is 1. The third-order valence-electron chi connectivity index (χ3n) is 2.93. The van der Waals surface area contributed by atoms with Gasteiger partial charge in [-0.25, -0.2) is 4.68 Å². The number of carboxylic acid groups (broad SMARTS) is 1. The Labute approximate surface area is 107 Å². The molecule has 1 aromatic rings. The quantitative estimate of drug-likeness (QED) is 0.746. The lowest BCUT2D eigenvalue weighted by molar-refractivity contribution is -0.143. The van der Waals surface area contributed by atoms with Crippen LogP contribution < -0.4 is 0 Å². The molecule has 0 saturated heterocycles. The first kappa shape index (κ1) is 14.3. The van der Waals surface area contributed by atoms with Crippen LogP contribution in [-0.4, -0.2) is 31.3 Å². The minimum absolute atomic E-state index is 0.234. The topological polar surface area (TPSA) is 80.9 Å². The number of aryl methyl sites for hydroxylation is 1. The molecular formula is C12H20N4O2. The molecule has 0 aromatic carbocycles. The maximum atomic E-state index is 11.4. The van der Waals surface area contributed by atoms with Crippen molar-refractivity contribution >= 4 is 5.97 Å². The monoisotopic (exact) mass is 252 g/mol. The van der Waals surface area contributed by atoms with Gasteiger partial charge in [-0.15, -0.1) is 11.7 Å². The van der Waals surface area contributed by atoms with Crippen LogP contribution in [0.25, 0.3) is 0 Å². The van der Waals surface area contributed by atoms with Crippen molar-refractivity contribution < 1.29 is 9.90 Å². The van der Waals surface area contributed by atoms with Gasteiger partial charge in [0, 0.05) is 13.0 Å². The zero-order chi connectivity index (χ0) is 13.7. The molecule has 0 spiro atoms. The third-order valence-corrected chi connectivity index (χ3v) is 2.93. The minimum atomic E-state index is -0.807. The van der Waals surface area contributed by atoms with Crippen molar-refractivity contribution in [2.24, 2.45) is 18.9 Å². The van der Waals surface area contributed by atoms with E-state index in [2.05, 4.69) is 22.1 Å². The van der Waals surface area contributed by atoms with Gasteiger partial charge in [0.1, 0.15) is 0 Å². The van der Waals surface area contributed by atoms with E-state index >= 15 is 0 Å². The van der Waals surface area contributed by atoms with Gasteiger partial charge in [-0.1, -0.05) is 19.9 Å². The first-order valence-corrected chi connectivity index (χ1v) is 6.03. The fourth-order valence-corrected chi connectivity index (χ4v) is 2.12. The number of carbonyl (C=O) groups is 1. The number of carboxylic acids is 1. The highest BCUT2D eigenvalue weighted by atomic mass is 16.4. The molecule has 2 atom stereocenters. The van der Waals surface area contributed by atoms with Gasteiger partial charge in [0.25, 0.3) is 0 Å². The normalized spacial score (nSPS) is 14.4. The highest BCUT2D eigenvalue weighted by Crippen LogP contribution is 2.31. The van der Waals surface area contributed by atoms with E-state index in [9.17, 15) is 9.90 Å². The third kappa shape index (κ3) is 3.38. The number of rotatable bonds is 7. The minimum Gasteiger partial charge on any atom is -0.481 e. The molecule has 100 valence electrons. The van der Waals surface area contributed by atoms with Gasteiger partial charge in [0.15, 0.2) is 5.82 Å². The van der Waals surface area contributed by atoms with E-state index < -0.39 is 11.9 Å². The van der Waals surface area contributed by atoms with Gasteiger partial charge in [-0.2, -0.15) is 0 Å². The molecule has 0 bridgehead atoms. The number of aliphatic carboxylic acids is 1. The van der Waals surface area contributed by atoms with Gasteiger partial charge in [-0.05, 0) is 29.2 Å². The molecule has 0 aliphatic carbocycles. The van der Waals surface area contributed by atoms with Crippen molar-refractivity contribution in [3.63, 3.8) is 0 Å². The molecule has 18 heavy (non-hydrogen) atoms. The lowest BCUT2D eigenvalue weighted by atomic mass is 9.83. The van der Waals surface area contributed by atoms with Crippen LogP contribution in [0.1, 0.15) is 38.4 Å². The van der Waals surface area contributed by atoms with E-state index in [-0.39, 0.29) is 5.92 Å². The Morgan fingerprint density at radius 3 is 2.61 bits per heavy atom. The van der Waals surface area contributed by atoms with Gasteiger partial charge < -0.3 is 5.11 Å². The maximum absolute atomic E-state index is 11.4. The van der Waals surface area contributed by atoms with Crippen molar-refractivity contribution in [3.8, 4) is 0 Å². The molecule has 0 radical (unpaired) electrons. The van der Waals surface area contributed by atoms with E-state index in [1.807, 2.05) is 13.8 Å². The van der Waals surface area contributed by atoms with Gasteiger partial charge in [-0.3, -0.25) is 4.79 Å². The second-order valence-electron chi connectivity index (χ2n) is 4.87. The lowest BCUT2D eigenvalue weighted by Gasteiger charge is -2.23. The summed E-state index contributed by atoms with van der Waals surface area (Å²) in [5, 5.41) is 20.7. The molecule has 0 saturated carbocycles. The maximum Gasteiger partial charge on any atom is 0.307 e. The molecule has 0 aliphatic heterocycles. The van der Waals surface area contributed by atoms with Crippen molar-refractivity contribution in [2.45, 2.75) is 32.6 Å². The fraction of sp³-hybridized carbons (Fsp3) is 0.667. The molecule has 1 N–H and O–H groups in total. The van der Waals surface area contributed by atoms with E-state index in [0.29, 0.717) is 24.6 Å². The zero-order valence-electron chi connectivity index (χ0n) is 11.1. The van der Waals surface area contributed by atoms with Crippen LogP contribution in [-0.2, 0) is 11.8 Å². The number of hydrogen-bond acceptors (Lipinski definition) is 4. The highest BCUT2D eigenvalue weighted by Gasteiger charge is 2.32. The molecule has 1 aromatic heterocycles. The van der Waals surface area contributed by atoms with Crippen molar-refractivity contribution in [3.05, 3.63) is 18.5 Å². The Balaban J connectivity index is 3.04. The summed E-state index contributed by atoms with van der Waals surface area (Å²) in [6, 6.07) is 0. The SMILES string of the molecule is C=CC[C@@H](c1nnnn1C)[C@@H](CC(C)C)C(=O)O. The Hall–Kier alpha value is -1.72. The largest absolute Gasteiger partial charge is 0.481 e. The Kier molecular flexibility index (Phi) is 5.00. The van der Waals surface area contributed by atoms with Crippen molar-refractivity contribution in [2.75, 3.05) is 0 Å². The molecule has 0 unspecified atom stereocenters. The van der Waals surface area contributed by atoms with Gasteiger partial charge in [0.05, 0.1) is 5.92 Å². The fourth-order valence-electron chi connectivity index (χ4n) is 2.12.